The Morgan fingerprint density at radius 1 is 1.13 bits per heavy atom. The van der Waals surface area contributed by atoms with Crippen molar-refractivity contribution in [1.82, 2.24) is 4.90 Å². The molecule has 0 atom stereocenters. The average Bonchev–Trinajstić information content (AvgIpc) is 2.61. The number of rotatable bonds is 5. The fraction of sp³-hybridized carbons (Fsp3) is 0.421. The molecular formula is C19H24N2O2. The number of likely N-dealkylation sites (tertiary alicyclic amines) is 1. The van der Waals surface area contributed by atoms with Gasteiger partial charge in [-0.25, -0.2) is 0 Å². The predicted octanol–water partition coefficient (Wildman–Crippen LogP) is 2.81. The molecule has 4 heteroatoms. The molecule has 0 unspecified atom stereocenters. The highest BCUT2D eigenvalue weighted by molar-refractivity contribution is 6.07. The number of nitrogens with zero attached hydrogens (tertiary/aromatic N) is 1. The van der Waals surface area contributed by atoms with Crippen LogP contribution in [-0.2, 0) is 4.74 Å². The predicted molar refractivity (Wildman–Crippen MR) is 92.5 cm³/mol. The number of ether oxygens (including phenoxy) is 1. The van der Waals surface area contributed by atoms with Gasteiger partial charge in [0.2, 0.25) is 0 Å². The van der Waals surface area contributed by atoms with Crippen LogP contribution in [0.1, 0.15) is 29.6 Å². The van der Waals surface area contributed by atoms with Gasteiger partial charge < -0.3 is 15.4 Å². The molecule has 0 aromatic heterocycles. The van der Waals surface area contributed by atoms with Crippen molar-refractivity contribution < 1.29 is 9.53 Å². The third-order valence-corrected chi connectivity index (χ3v) is 4.45. The minimum Gasteiger partial charge on any atom is -0.378 e. The first-order valence-corrected chi connectivity index (χ1v) is 8.38. The van der Waals surface area contributed by atoms with Crippen LogP contribution in [0.15, 0.2) is 42.5 Å². The molecule has 2 aromatic rings. The first-order chi connectivity index (χ1) is 11.3. The third-order valence-electron chi connectivity index (χ3n) is 4.45. The van der Waals surface area contributed by atoms with Gasteiger partial charge in [-0.3, -0.25) is 4.79 Å². The van der Waals surface area contributed by atoms with Gasteiger partial charge in [0, 0.05) is 25.3 Å². The van der Waals surface area contributed by atoms with Gasteiger partial charge in [-0.1, -0.05) is 36.4 Å². The zero-order chi connectivity index (χ0) is 16.1. The maximum Gasteiger partial charge on any atom is 0.254 e. The van der Waals surface area contributed by atoms with E-state index in [0.717, 1.165) is 55.3 Å². The lowest BCUT2D eigenvalue weighted by Gasteiger charge is -2.32. The molecule has 1 saturated heterocycles. The molecule has 1 fully saturated rings. The summed E-state index contributed by atoms with van der Waals surface area (Å²) in [4.78, 5) is 14.8. The number of amides is 1. The molecular weight excluding hydrogens is 288 g/mol. The number of benzene rings is 2. The van der Waals surface area contributed by atoms with Gasteiger partial charge in [0.1, 0.15) is 0 Å². The van der Waals surface area contributed by atoms with Crippen molar-refractivity contribution in [2.75, 3.05) is 26.2 Å². The average molecular weight is 312 g/mol. The van der Waals surface area contributed by atoms with Gasteiger partial charge >= 0.3 is 0 Å². The van der Waals surface area contributed by atoms with Crippen molar-refractivity contribution in [3.8, 4) is 0 Å². The zero-order valence-corrected chi connectivity index (χ0v) is 13.4. The Hall–Kier alpha value is -1.91. The summed E-state index contributed by atoms with van der Waals surface area (Å²) in [5.74, 6) is 0.127. The maximum atomic E-state index is 12.8. The van der Waals surface area contributed by atoms with Crippen molar-refractivity contribution >= 4 is 16.7 Å². The van der Waals surface area contributed by atoms with Gasteiger partial charge in [0.15, 0.2) is 0 Å². The molecule has 122 valence electrons. The zero-order valence-electron chi connectivity index (χ0n) is 13.4. The molecule has 0 bridgehead atoms. The van der Waals surface area contributed by atoms with Crippen LogP contribution < -0.4 is 5.73 Å². The molecule has 2 N–H and O–H groups in total. The molecule has 1 aliphatic heterocycles. The lowest BCUT2D eigenvalue weighted by atomic mass is 10.0. The second-order valence-corrected chi connectivity index (χ2v) is 6.03. The molecule has 0 spiro atoms. The van der Waals surface area contributed by atoms with Gasteiger partial charge in [0.25, 0.3) is 5.91 Å². The van der Waals surface area contributed by atoms with E-state index in [1.807, 2.05) is 47.4 Å². The molecule has 2 aromatic carbocycles. The normalized spacial score (nSPS) is 16.0. The van der Waals surface area contributed by atoms with Crippen molar-refractivity contribution in [1.29, 1.82) is 0 Å². The van der Waals surface area contributed by atoms with Gasteiger partial charge in [0.05, 0.1) is 6.10 Å². The third kappa shape index (κ3) is 3.71. The van der Waals surface area contributed by atoms with E-state index in [-0.39, 0.29) is 12.0 Å². The van der Waals surface area contributed by atoms with Crippen molar-refractivity contribution in [2.45, 2.75) is 25.4 Å². The molecule has 0 saturated carbocycles. The molecule has 3 rings (SSSR count). The van der Waals surface area contributed by atoms with Crippen LogP contribution in [0.3, 0.4) is 0 Å². The van der Waals surface area contributed by atoms with Crippen LogP contribution in [0.4, 0.5) is 0 Å². The summed E-state index contributed by atoms with van der Waals surface area (Å²) in [5.41, 5.74) is 6.28. The quantitative estimate of drug-likeness (QED) is 0.864. The summed E-state index contributed by atoms with van der Waals surface area (Å²) in [7, 11) is 0. The summed E-state index contributed by atoms with van der Waals surface area (Å²) in [5, 5.41) is 2.14. The van der Waals surface area contributed by atoms with Crippen LogP contribution in [0.5, 0.6) is 0 Å². The number of hydrogen-bond donors (Lipinski definition) is 1. The van der Waals surface area contributed by atoms with E-state index in [1.165, 1.54) is 0 Å². The number of piperidine rings is 1. The molecule has 0 aliphatic carbocycles. The number of carbonyl (C=O) groups is 1. The Labute approximate surface area is 137 Å². The van der Waals surface area contributed by atoms with Gasteiger partial charge in [-0.2, -0.15) is 0 Å². The van der Waals surface area contributed by atoms with Crippen LogP contribution in [-0.4, -0.2) is 43.2 Å². The van der Waals surface area contributed by atoms with Gasteiger partial charge in [-0.15, -0.1) is 0 Å². The molecule has 1 aliphatic rings. The van der Waals surface area contributed by atoms with E-state index in [2.05, 4.69) is 0 Å². The Balaban J connectivity index is 1.65. The van der Waals surface area contributed by atoms with Crippen molar-refractivity contribution in [2.24, 2.45) is 5.73 Å². The van der Waals surface area contributed by atoms with E-state index in [0.29, 0.717) is 6.54 Å². The van der Waals surface area contributed by atoms with Crippen molar-refractivity contribution in [3.63, 3.8) is 0 Å². The second-order valence-electron chi connectivity index (χ2n) is 6.03. The van der Waals surface area contributed by atoms with E-state index >= 15 is 0 Å². The molecule has 1 heterocycles. The van der Waals surface area contributed by atoms with Crippen molar-refractivity contribution in [3.05, 3.63) is 48.0 Å². The van der Waals surface area contributed by atoms with Gasteiger partial charge in [-0.05, 0) is 42.6 Å². The van der Waals surface area contributed by atoms with Crippen LogP contribution in [0.25, 0.3) is 10.8 Å². The number of fused-ring (bicyclic) bond motifs is 1. The Morgan fingerprint density at radius 2 is 1.87 bits per heavy atom. The van der Waals surface area contributed by atoms with E-state index in [4.69, 9.17) is 10.5 Å². The highest BCUT2D eigenvalue weighted by atomic mass is 16.5. The summed E-state index contributed by atoms with van der Waals surface area (Å²) >= 11 is 0. The van der Waals surface area contributed by atoms with Crippen LogP contribution in [0, 0.1) is 0 Å². The molecule has 4 nitrogen and oxygen atoms in total. The fourth-order valence-electron chi connectivity index (χ4n) is 3.14. The SMILES string of the molecule is NCCCOC1CCN(C(=O)c2cccc3ccccc23)CC1. The molecule has 23 heavy (non-hydrogen) atoms. The molecule has 1 amide bonds. The Bertz CT molecular complexity index is 658. The summed E-state index contributed by atoms with van der Waals surface area (Å²) < 4.78 is 5.81. The minimum absolute atomic E-state index is 0.127. The van der Waals surface area contributed by atoms with Crippen LogP contribution in [0.2, 0.25) is 0 Å². The maximum absolute atomic E-state index is 12.8. The van der Waals surface area contributed by atoms with Crippen LogP contribution >= 0.6 is 0 Å². The van der Waals surface area contributed by atoms with E-state index in [9.17, 15) is 4.79 Å². The monoisotopic (exact) mass is 312 g/mol. The number of carbonyl (C=O) groups excluding carboxylic acids is 1. The lowest BCUT2D eigenvalue weighted by Crippen LogP contribution is -2.41. The first kappa shape index (κ1) is 16.0. The summed E-state index contributed by atoms with van der Waals surface area (Å²) in [6, 6.07) is 14.0. The number of nitrogens with two attached hydrogens (primary N) is 1. The Kier molecular flexibility index (Phi) is 5.26. The number of hydrogen-bond acceptors (Lipinski definition) is 3. The Morgan fingerprint density at radius 3 is 2.65 bits per heavy atom. The largest absolute Gasteiger partial charge is 0.378 e. The fourth-order valence-corrected chi connectivity index (χ4v) is 3.14. The smallest absolute Gasteiger partial charge is 0.254 e. The topological polar surface area (TPSA) is 55.6 Å². The summed E-state index contributed by atoms with van der Waals surface area (Å²) in [6.07, 6.45) is 2.97. The standard InChI is InChI=1S/C19H24N2O2/c20-11-4-14-23-16-9-12-21(13-10-16)19(22)18-8-3-6-15-5-1-2-7-17(15)18/h1-3,5-8,16H,4,9-14,20H2. The first-order valence-electron chi connectivity index (χ1n) is 8.38. The minimum atomic E-state index is 0.127. The van der Waals surface area contributed by atoms with E-state index < -0.39 is 0 Å². The highest BCUT2D eigenvalue weighted by Crippen LogP contribution is 2.22. The molecule has 0 radical (unpaired) electrons. The second kappa shape index (κ2) is 7.57. The lowest BCUT2D eigenvalue weighted by molar-refractivity contribution is 0.00850. The van der Waals surface area contributed by atoms with E-state index in [1.54, 1.807) is 0 Å². The summed E-state index contributed by atoms with van der Waals surface area (Å²) in [6.45, 7) is 2.90. The highest BCUT2D eigenvalue weighted by Gasteiger charge is 2.24.